The Hall–Kier alpha value is -2.15. The van der Waals surface area contributed by atoms with E-state index in [4.69, 9.17) is 10.00 Å². The smallest absolute Gasteiger partial charge is 0.314 e. The fraction of sp³-hybridized carbons (Fsp3) is 0.524. The summed E-state index contributed by atoms with van der Waals surface area (Å²) in [5.41, 5.74) is 1.26. The van der Waals surface area contributed by atoms with Crippen molar-refractivity contribution in [2.75, 3.05) is 0 Å². The van der Waals surface area contributed by atoms with Crippen molar-refractivity contribution < 1.29 is 13.9 Å². The first-order valence-electron chi connectivity index (χ1n) is 9.20. The van der Waals surface area contributed by atoms with Gasteiger partial charge in [-0.25, -0.2) is 0 Å². The molecule has 0 N–H and O–H groups in total. The Bertz CT molecular complexity index is 622. The molecule has 1 aromatic rings. The predicted octanol–water partition coefficient (Wildman–Crippen LogP) is 5.51. The van der Waals surface area contributed by atoms with E-state index in [2.05, 4.69) is 6.92 Å². The van der Waals surface area contributed by atoms with E-state index in [-0.39, 0.29) is 17.8 Å². The molecule has 0 aliphatic heterocycles. The van der Waals surface area contributed by atoms with Gasteiger partial charge in [-0.2, -0.15) is 9.65 Å². The van der Waals surface area contributed by atoms with Crippen molar-refractivity contribution in [3.63, 3.8) is 0 Å². The Balaban J connectivity index is 1.80. The minimum Gasteiger partial charge on any atom is -0.426 e. The molecule has 1 aliphatic rings. The molecule has 1 aliphatic carbocycles. The first-order chi connectivity index (χ1) is 12.1. The van der Waals surface area contributed by atoms with Gasteiger partial charge in [0.05, 0.1) is 5.92 Å². The maximum atomic E-state index is 13.0. The van der Waals surface area contributed by atoms with Crippen molar-refractivity contribution in [3.8, 4) is 11.8 Å². The molecule has 25 heavy (non-hydrogen) atoms. The molecule has 1 fully saturated rings. The van der Waals surface area contributed by atoms with Crippen LogP contribution in [0.1, 0.15) is 57.4 Å². The maximum absolute atomic E-state index is 13.0. The number of nitriles is 1. The molecular formula is C21H26FNO2. The largest absolute Gasteiger partial charge is 0.426 e. The highest BCUT2D eigenvalue weighted by molar-refractivity contribution is 5.75. The number of esters is 1. The van der Waals surface area contributed by atoms with Crippen LogP contribution in [0.3, 0.4) is 0 Å². The van der Waals surface area contributed by atoms with Gasteiger partial charge in [0.25, 0.3) is 0 Å². The molecule has 0 amide bonds. The summed E-state index contributed by atoms with van der Waals surface area (Å²) in [4.78, 5) is 12.3. The number of nitrogens with zero attached hydrogens (tertiary/aromatic N) is 1. The molecule has 134 valence electrons. The minimum absolute atomic E-state index is 0.0473. The third-order valence-electron chi connectivity index (χ3n) is 4.80. The molecule has 2 rings (SSSR count). The third kappa shape index (κ3) is 6.34. The molecule has 0 unspecified atom stereocenters. The van der Waals surface area contributed by atoms with E-state index in [9.17, 15) is 9.18 Å². The Kier molecular flexibility index (Phi) is 7.66. The van der Waals surface area contributed by atoms with Crippen molar-refractivity contribution in [3.05, 3.63) is 41.7 Å². The van der Waals surface area contributed by atoms with E-state index < -0.39 is 5.83 Å². The molecule has 0 heterocycles. The van der Waals surface area contributed by atoms with Gasteiger partial charge in [-0.15, -0.1) is 0 Å². The number of rotatable bonds is 7. The molecule has 1 aromatic carbocycles. The average Bonchev–Trinajstić information content (AvgIpc) is 2.64. The SMILES string of the molecule is CCCCCc1ccc(OC(=O)[C@H]2CC[C@H](C=C(F)C#N)CC2)cc1. The molecule has 3 nitrogen and oxygen atoms in total. The topological polar surface area (TPSA) is 50.1 Å². The third-order valence-corrected chi connectivity index (χ3v) is 4.80. The van der Waals surface area contributed by atoms with E-state index in [1.807, 2.05) is 24.3 Å². The zero-order valence-electron chi connectivity index (χ0n) is 14.8. The van der Waals surface area contributed by atoms with E-state index in [0.717, 1.165) is 6.42 Å². The van der Waals surface area contributed by atoms with Crippen LogP contribution in [0.25, 0.3) is 0 Å². The normalized spacial score (nSPS) is 20.8. The zero-order valence-corrected chi connectivity index (χ0v) is 14.8. The number of allylic oxidation sites excluding steroid dienone is 2. The highest BCUT2D eigenvalue weighted by Gasteiger charge is 2.27. The van der Waals surface area contributed by atoms with Crippen molar-refractivity contribution in [1.82, 2.24) is 0 Å². The fourth-order valence-corrected chi connectivity index (χ4v) is 3.27. The highest BCUT2D eigenvalue weighted by atomic mass is 19.1. The summed E-state index contributed by atoms with van der Waals surface area (Å²) in [6, 6.07) is 9.25. The Morgan fingerprint density at radius 2 is 1.92 bits per heavy atom. The lowest BCUT2D eigenvalue weighted by Gasteiger charge is -2.25. The molecule has 4 heteroatoms. The van der Waals surface area contributed by atoms with E-state index in [0.29, 0.717) is 31.4 Å². The summed E-state index contributed by atoms with van der Waals surface area (Å²) in [6.07, 6.45) is 8.82. The molecule has 0 radical (unpaired) electrons. The number of ether oxygens (including phenoxy) is 1. The van der Waals surface area contributed by atoms with Gasteiger partial charge in [0.2, 0.25) is 0 Å². The zero-order chi connectivity index (χ0) is 18.1. The second-order valence-corrected chi connectivity index (χ2v) is 6.76. The van der Waals surface area contributed by atoms with Crippen molar-refractivity contribution in [2.45, 2.75) is 58.3 Å². The highest BCUT2D eigenvalue weighted by Crippen LogP contribution is 2.31. The van der Waals surface area contributed by atoms with Crippen LogP contribution in [-0.2, 0) is 11.2 Å². The first-order valence-corrected chi connectivity index (χ1v) is 9.20. The number of hydrogen-bond acceptors (Lipinski definition) is 3. The first kappa shape index (κ1) is 19.2. The minimum atomic E-state index is -0.731. The van der Waals surface area contributed by atoms with E-state index >= 15 is 0 Å². The van der Waals surface area contributed by atoms with Crippen LogP contribution < -0.4 is 4.74 Å². The Morgan fingerprint density at radius 1 is 1.24 bits per heavy atom. The van der Waals surface area contributed by atoms with Crippen LogP contribution in [0.15, 0.2) is 36.2 Å². The van der Waals surface area contributed by atoms with Crippen LogP contribution in [0.2, 0.25) is 0 Å². The second-order valence-electron chi connectivity index (χ2n) is 6.76. The van der Waals surface area contributed by atoms with Crippen molar-refractivity contribution in [2.24, 2.45) is 11.8 Å². The lowest BCUT2D eigenvalue weighted by atomic mass is 9.82. The van der Waals surface area contributed by atoms with Gasteiger partial charge in [0.15, 0.2) is 5.83 Å². The van der Waals surface area contributed by atoms with Crippen LogP contribution in [0.5, 0.6) is 5.75 Å². The number of carbonyl (C=O) groups is 1. The number of hydrogen-bond donors (Lipinski definition) is 0. The van der Waals surface area contributed by atoms with Crippen LogP contribution >= 0.6 is 0 Å². The lowest BCUT2D eigenvalue weighted by molar-refractivity contribution is -0.140. The van der Waals surface area contributed by atoms with Gasteiger partial charge in [-0.05, 0) is 68.2 Å². The number of benzene rings is 1. The quantitative estimate of drug-likeness (QED) is 0.284. The maximum Gasteiger partial charge on any atom is 0.314 e. The van der Waals surface area contributed by atoms with Gasteiger partial charge >= 0.3 is 5.97 Å². The standard InChI is InChI=1S/C21H26FNO2/c1-2-3-4-5-16-8-12-20(13-9-16)25-21(24)18-10-6-17(7-11-18)14-19(22)15-23/h8-9,12-14,17-18H,2-7,10-11H2,1H3/t17-,18-. The molecule has 0 spiro atoms. The van der Waals surface area contributed by atoms with Crippen LogP contribution in [0, 0.1) is 23.2 Å². The van der Waals surface area contributed by atoms with Crippen LogP contribution in [-0.4, -0.2) is 5.97 Å². The summed E-state index contributed by atoms with van der Waals surface area (Å²) in [5.74, 6) is -0.445. The van der Waals surface area contributed by atoms with Gasteiger partial charge in [-0.1, -0.05) is 31.9 Å². The summed E-state index contributed by atoms with van der Waals surface area (Å²) < 4.78 is 18.5. The van der Waals surface area contributed by atoms with Gasteiger partial charge in [0.1, 0.15) is 11.8 Å². The fourth-order valence-electron chi connectivity index (χ4n) is 3.27. The van der Waals surface area contributed by atoms with E-state index in [1.54, 1.807) is 0 Å². The Labute approximate surface area is 149 Å². The summed E-state index contributed by atoms with van der Waals surface area (Å²) in [6.45, 7) is 2.19. The predicted molar refractivity (Wildman–Crippen MR) is 95.6 cm³/mol. The molecule has 1 saturated carbocycles. The molecule has 0 bridgehead atoms. The lowest BCUT2D eigenvalue weighted by Crippen LogP contribution is -2.25. The monoisotopic (exact) mass is 343 g/mol. The van der Waals surface area contributed by atoms with Crippen molar-refractivity contribution in [1.29, 1.82) is 5.26 Å². The van der Waals surface area contributed by atoms with Gasteiger partial charge in [0, 0.05) is 0 Å². The summed E-state index contributed by atoms with van der Waals surface area (Å²) >= 11 is 0. The summed E-state index contributed by atoms with van der Waals surface area (Å²) in [7, 11) is 0. The Morgan fingerprint density at radius 3 is 2.52 bits per heavy atom. The van der Waals surface area contributed by atoms with E-state index in [1.165, 1.54) is 37.0 Å². The van der Waals surface area contributed by atoms with Crippen LogP contribution in [0.4, 0.5) is 4.39 Å². The number of aryl methyl sites for hydroxylation is 1. The van der Waals surface area contributed by atoms with Crippen molar-refractivity contribution >= 4 is 5.97 Å². The molecule has 0 aromatic heterocycles. The molecular weight excluding hydrogens is 317 g/mol. The number of unbranched alkanes of at least 4 members (excludes halogenated alkanes) is 2. The number of carbonyl (C=O) groups excluding carboxylic acids is 1. The molecule has 0 atom stereocenters. The second kappa shape index (κ2) is 9.98. The number of halogens is 1. The van der Waals surface area contributed by atoms with Gasteiger partial charge < -0.3 is 4.74 Å². The summed E-state index contributed by atoms with van der Waals surface area (Å²) in [5, 5.41) is 8.48. The average molecular weight is 343 g/mol. The molecule has 0 saturated heterocycles. The van der Waals surface area contributed by atoms with Gasteiger partial charge in [-0.3, -0.25) is 4.79 Å².